The minimum absolute atomic E-state index is 0.397. The molecule has 0 radical (unpaired) electrons. The topological polar surface area (TPSA) is 53.1 Å². The fraction of sp³-hybridized carbons (Fsp3) is 0.286. The third-order valence-corrected chi connectivity index (χ3v) is 3.05. The molecule has 100 valence electrons. The molecule has 19 heavy (non-hydrogen) atoms. The molecular formula is C14H17N3OS. The van der Waals surface area contributed by atoms with E-state index in [1.54, 1.807) is 0 Å². The summed E-state index contributed by atoms with van der Waals surface area (Å²) in [6.07, 6.45) is 0. The molecule has 0 spiro atoms. The van der Waals surface area contributed by atoms with Crippen LogP contribution in [0.25, 0.3) is 0 Å². The Hall–Kier alpha value is -1.88. The van der Waals surface area contributed by atoms with Gasteiger partial charge in [0, 0.05) is 11.3 Å². The second kappa shape index (κ2) is 5.84. The van der Waals surface area contributed by atoms with Gasteiger partial charge in [-0.25, -0.2) is 0 Å². The first-order valence-electron chi connectivity index (χ1n) is 6.10. The Morgan fingerprint density at radius 3 is 2.53 bits per heavy atom. The summed E-state index contributed by atoms with van der Waals surface area (Å²) in [4.78, 5) is 0.397. The van der Waals surface area contributed by atoms with Gasteiger partial charge in [-0.2, -0.15) is 5.10 Å². The van der Waals surface area contributed by atoms with E-state index in [-0.39, 0.29) is 0 Å². The van der Waals surface area contributed by atoms with Crippen LogP contribution in [0.5, 0.6) is 5.75 Å². The van der Waals surface area contributed by atoms with E-state index in [1.165, 1.54) is 0 Å². The molecule has 0 bridgehead atoms. The van der Waals surface area contributed by atoms with Gasteiger partial charge in [0.05, 0.1) is 12.2 Å². The Bertz CT molecular complexity index is 575. The van der Waals surface area contributed by atoms with Gasteiger partial charge in [0.25, 0.3) is 0 Å². The smallest absolute Gasteiger partial charge is 0.119 e. The Labute approximate surface area is 118 Å². The summed E-state index contributed by atoms with van der Waals surface area (Å²) in [5.74, 6) is 0.807. The van der Waals surface area contributed by atoms with Gasteiger partial charge in [-0.15, -0.1) is 0 Å². The first kappa shape index (κ1) is 13.5. The molecule has 1 heterocycles. The van der Waals surface area contributed by atoms with Crippen LogP contribution in [-0.4, -0.2) is 21.4 Å². The molecule has 1 aromatic carbocycles. The van der Waals surface area contributed by atoms with E-state index in [4.69, 9.17) is 22.7 Å². The number of ether oxygens (including phenoxy) is 1. The van der Waals surface area contributed by atoms with Gasteiger partial charge in [0.1, 0.15) is 17.3 Å². The maximum absolute atomic E-state index is 5.66. The number of hydrogen-bond donors (Lipinski definition) is 1. The highest BCUT2D eigenvalue weighted by atomic mass is 32.1. The molecular weight excluding hydrogens is 258 g/mol. The predicted molar refractivity (Wildman–Crippen MR) is 79.5 cm³/mol. The van der Waals surface area contributed by atoms with Gasteiger partial charge in [0.15, 0.2) is 0 Å². The number of rotatable bonds is 5. The second-order valence-corrected chi connectivity index (χ2v) is 4.83. The summed E-state index contributed by atoms with van der Waals surface area (Å²) in [6.45, 7) is 5.33. The third-order valence-electron chi connectivity index (χ3n) is 2.81. The molecule has 2 aromatic rings. The summed E-state index contributed by atoms with van der Waals surface area (Å²) in [5.41, 5.74) is 8.56. The lowest BCUT2D eigenvalue weighted by molar-refractivity contribution is 0.289. The van der Waals surface area contributed by atoms with Crippen molar-refractivity contribution in [3.8, 4) is 5.75 Å². The summed E-state index contributed by atoms with van der Waals surface area (Å²) in [7, 11) is 0. The summed E-state index contributed by atoms with van der Waals surface area (Å²) < 4.78 is 7.61. The zero-order valence-electron chi connectivity index (χ0n) is 11.1. The van der Waals surface area contributed by atoms with Crippen LogP contribution in [0.2, 0.25) is 0 Å². The lowest BCUT2D eigenvalue weighted by atomic mass is 10.2. The highest BCUT2D eigenvalue weighted by molar-refractivity contribution is 7.80. The molecule has 2 rings (SSSR count). The maximum Gasteiger partial charge on any atom is 0.119 e. The fourth-order valence-electron chi connectivity index (χ4n) is 1.87. The number of hydrogen-bond acceptors (Lipinski definition) is 3. The van der Waals surface area contributed by atoms with Crippen LogP contribution in [0, 0.1) is 13.8 Å². The van der Waals surface area contributed by atoms with Crippen LogP contribution in [0.15, 0.2) is 30.3 Å². The van der Waals surface area contributed by atoms with Crippen molar-refractivity contribution in [3.05, 3.63) is 47.3 Å². The van der Waals surface area contributed by atoms with Crippen LogP contribution < -0.4 is 10.5 Å². The van der Waals surface area contributed by atoms with E-state index in [1.807, 2.05) is 42.8 Å². The maximum atomic E-state index is 5.66. The number of benzene rings is 1. The van der Waals surface area contributed by atoms with Crippen molar-refractivity contribution >= 4 is 17.2 Å². The number of thiocarbonyl (C=S) groups is 1. The molecule has 0 aliphatic heterocycles. The molecule has 0 aliphatic rings. The van der Waals surface area contributed by atoms with Gasteiger partial charge in [-0.05, 0) is 44.2 Å². The van der Waals surface area contributed by atoms with E-state index < -0.39 is 0 Å². The van der Waals surface area contributed by atoms with E-state index in [9.17, 15) is 0 Å². The van der Waals surface area contributed by atoms with Crippen molar-refractivity contribution in [1.82, 2.24) is 9.78 Å². The Morgan fingerprint density at radius 2 is 2.00 bits per heavy atom. The number of aromatic nitrogens is 2. The predicted octanol–water partition coefficient (Wildman–Crippen LogP) is 2.21. The summed E-state index contributed by atoms with van der Waals surface area (Å²) >= 11 is 4.90. The van der Waals surface area contributed by atoms with Crippen molar-refractivity contribution < 1.29 is 4.74 Å². The minimum atomic E-state index is 0.397. The largest absolute Gasteiger partial charge is 0.492 e. The SMILES string of the molecule is Cc1cc(C)n(CCOc2ccc(C(N)=S)cc2)n1. The van der Waals surface area contributed by atoms with Crippen molar-refractivity contribution in [2.24, 2.45) is 5.73 Å². The van der Waals surface area contributed by atoms with Crippen molar-refractivity contribution in [1.29, 1.82) is 0 Å². The molecule has 0 saturated carbocycles. The first-order valence-corrected chi connectivity index (χ1v) is 6.51. The Morgan fingerprint density at radius 1 is 1.32 bits per heavy atom. The molecule has 0 aliphatic carbocycles. The van der Waals surface area contributed by atoms with Gasteiger partial charge >= 0.3 is 0 Å². The average molecular weight is 275 g/mol. The fourth-order valence-corrected chi connectivity index (χ4v) is 2.00. The third kappa shape index (κ3) is 3.54. The summed E-state index contributed by atoms with van der Waals surface area (Å²) in [5, 5.41) is 4.38. The van der Waals surface area contributed by atoms with E-state index in [0.717, 1.165) is 29.2 Å². The molecule has 0 amide bonds. The monoisotopic (exact) mass is 275 g/mol. The first-order chi connectivity index (χ1) is 9.06. The van der Waals surface area contributed by atoms with E-state index >= 15 is 0 Å². The van der Waals surface area contributed by atoms with Crippen molar-refractivity contribution in [2.75, 3.05) is 6.61 Å². The Balaban J connectivity index is 1.89. The minimum Gasteiger partial charge on any atom is -0.492 e. The molecule has 0 saturated heterocycles. The molecule has 0 fully saturated rings. The van der Waals surface area contributed by atoms with Gasteiger partial charge in [0.2, 0.25) is 0 Å². The van der Waals surface area contributed by atoms with Crippen LogP contribution in [-0.2, 0) is 6.54 Å². The van der Waals surface area contributed by atoms with Crippen LogP contribution in [0.1, 0.15) is 17.0 Å². The van der Waals surface area contributed by atoms with E-state index in [0.29, 0.717) is 11.6 Å². The second-order valence-electron chi connectivity index (χ2n) is 4.39. The van der Waals surface area contributed by atoms with E-state index in [2.05, 4.69) is 11.2 Å². The highest BCUT2D eigenvalue weighted by Gasteiger charge is 2.01. The zero-order valence-corrected chi connectivity index (χ0v) is 11.9. The molecule has 2 N–H and O–H groups in total. The average Bonchev–Trinajstić information content (AvgIpc) is 2.68. The summed E-state index contributed by atoms with van der Waals surface area (Å²) in [6, 6.07) is 9.52. The molecule has 0 atom stereocenters. The number of aryl methyl sites for hydroxylation is 2. The Kier molecular flexibility index (Phi) is 4.16. The molecule has 1 aromatic heterocycles. The zero-order chi connectivity index (χ0) is 13.8. The van der Waals surface area contributed by atoms with Crippen LogP contribution in [0.4, 0.5) is 0 Å². The van der Waals surface area contributed by atoms with Crippen molar-refractivity contribution in [2.45, 2.75) is 20.4 Å². The normalized spacial score (nSPS) is 10.4. The lowest BCUT2D eigenvalue weighted by Gasteiger charge is -2.08. The quantitative estimate of drug-likeness (QED) is 0.850. The number of nitrogens with two attached hydrogens (primary N) is 1. The van der Waals surface area contributed by atoms with Crippen LogP contribution in [0.3, 0.4) is 0 Å². The lowest BCUT2D eigenvalue weighted by Crippen LogP contribution is -2.11. The highest BCUT2D eigenvalue weighted by Crippen LogP contribution is 2.12. The molecule has 4 nitrogen and oxygen atoms in total. The number of nitrogens with zero attached hydrogens (tertiary/aromatic N) is 2. The molecule has 5 heteroatoms. The standard InChI is InChI=1S/C14H17N3OS/c1-10-9-11(2)17(16-10)7-8-18-13-5-3-12(4-6-13)14(15)19/h3-6,9H,7-8H2,1-2H3,(H2,15,19). The van der Waals surface area contributed by atoms with Crippen LogP contribution >= 0.6 is 12.2 Å². The van der Waals surface area contributed by atoms with Gasteiger partial charge in [-0.3, -0.25) is 4.68 Å². The van der Waals surface area contributed by atoms with Crippen molar-refractivity contribution in [3.63, 3.8) is 0 Å². The van der Waals surface area contributed by atoms with Gasteiger partial charge in [-0.1, -0.05) is 12.2 Å². The molecule has 0 unspecified atom stereocenters. The van der Waals surface area contributed by atoms with Gasteiger partial charge < -0.3 is 10.5 Å².